The molecule has 0 spiro atoms. The van der Waals surface area contributed by atoms with E-state index >= 15 is 13.2 Å². The lowest BCUT2D eigenvalue weighted by molar-refractivity contribution is 0.0226. The van der Waals surface area contributed by atoms with Crippen LogP contribution < -0.4 is 10.9 Å². The Labute approximate surface area is 240 Å². The minimum Gasteiger partial charge on any atom is -0.399 e. The minimum absolute atomic E-state index is 0.0509. The van der Waals surface area contributed by atoms with Gasteiger partial charge in [0.25, 0.3) is 0 Å². The van der Waals surface area contributed by atoms with Crippen molar-refractivity contribution >= 4 is 35.8 Å². The highest BCUT2D eigenvalue weighted by Crippen LogP contribution is 2.43. The van der Waals surface area contributed by atoms with Crippen molar-refractivity contribution in [2.45, 2.75) is 70.8 Å². The van der Waals surface area contributed by atoms with Crippen molar-refractivity contribution in [1.82, 2.24) is 4.90 Å². The first-order valence-electron chi connectivity index (χ1n) is 13.2. The standard InChI is InChI=1S/C31H37BrF3N2OSi/c1-19-14-24-20(2)27(36)13-12-23(24)29(28-25(33)15-21(32)16-26(28)34)37(19)17-31(6,35)18-38-39(30(3,4)5)22-10-8-7-9-11-22/h7-13,15-16,19,29H,14,17-18,36H2,1-6H3/q+1/t19-,29+,31?/m1/s1. The largest absolute Gasteiger partial charge is 0.517 e. The molecule has 0 bridgehead atoms. The lowest BCUT2D eigenvalue weighted by atomic mass is 9.81. The highest BCUT2D eigenvalue weighted by atomic mass is 79.9. The third-order valence-corrected chi connectivity index (χ3v) is 10.5. The summed E-state index contributed by atoms with van der Waals surface area (Å²) < 4.78 is 54.0. The Kier molecular flexibility index (Phi) is 8.72. The van der Waals surface area contributed by atoms with E-state index in [1.54, 1.807) is 6.07 Å². The van der Waals surface area contributed by atoms with Gasteiger partial charge >= 0.3 is 9.04 Å². The quantitative estimate of drug-likeness (QED) is 0.222. The van der Waals surface area contributed by atoms with Gasteiger partial charge in [0.2, 0.25) is 0 Å². The Bertz CT molecular complexity index is 1310. The Hall–Kier alpha value is -2.13. The van der Waals surface area contributed by atoms with Gasteiger partial charge in [-0.2, -0.15) is 0 Å². The number of anilines is 1. The molecule has 3 atom stereocenters. The first-order valence-corrected chi connectivity index (χ1v) is 15.4. The number of fused-ring (bicyclic) bond motifs is 1. The summed E-state index contributed by atoms with van der Waals surface area (Å²) in [5, 5.41) is 0.916. The summed E-state index contributed by atoms with van der Waals surface area (Å²) in [5.74, 6) is -1.35. The molecule has 0 saturated heterocycles. The predicted octanol–water partition coefficient (Wildman–Crippen LogP) is 7.40. The van der Waals surface area contributed by atoms with Gasteiger partial charge < -0.3 is 5.73 Å². The Balaban J connectivity index is 1.70. The van der Waals surface area contributed by atoms with Crippen LogP contribution >= 0.6 is 15.9 Å². The van der Waals surface area contributed by atoms with Crippen LogP contribution in [0.15, 0.2) is 59.1 Å². The van der Waals surface area contributed by atoms with E-state index in [9.17, 15) is 0 Å². The fourth-order valence-corrected chi connectivity index (χ4v) is 8.33. The zero-order chi connectivity index (χ0) is 28.7. The number of nitrogens with two attached hydrogens (primary N) is 1. The number of nitrogen functional groups attached to an aromatic ring is 1. The maximum Gasteiger partial charge on any atom is 0.517 e. The van der Waals surface area contributed by atoms with Crippen LogP contribution in [-0.2, 0) is 10.8 Å². The zero-order valence-corrected chi connectivity index (χ0v) is 26.0. The maximum atomic E-state index is 16.4. The van der Waals surface area contributed by atoms with E-state index in [-0.39, 0.29) is 29.8 Å². The molecule has 1 unspecified atom stereocenters. The topological polar surface area (TPSA) is 38.5 Å². The van der Waals surface area contributed by atoms with Crippen molar-refractivity contribution in [3.8, 4) is 0 Å². The third kappa shape index (κ3) is 6.45. The summed E-state index contributed by atoms with van der Waals surface area (Å²) >= 11 is 3.19. The van der Waals surface area contributed by atoms with Crippen LogP contribution in [0.4, 0.5) is 18.9 Å². The first-order chi connectivity index (χ1) is 18.2. The van der Waals surface area contributed by atoms with Gasteiger partial charge in [0.15, 0.2) is 0 Å². The SMILES string of the molecule is Cc1c(N)ccc2c1C[C@@H](C)N(CC(C)(F)CO[Si+](c1ccccc1)C(C)(C)C)[C@@H]2c1c(F)cc(Br)cc1F. The highest BCUT2D eigenvalue weighted by Gasteiger charge is 2.49. The maximum absolute atomic E-state index is 16.4. The molecule has 1 heterocycles. The van der Waals surface area contributed by atoms with Gasteiger partial charge in [0, 0.05) is 28.3 Å². The number of alkyl halides is 1. The predicted molar refractivity (Wildman–Crippen MR) is 158 cm³/mol. The molecule has 4 rings (SSSR count). The minimum atomic E-state index is -1.77. The summed E-state index contributed by atoms with van der Waals surface area (Å²) in [5.41, 5.74) is 7.58. The van der Waals surface area contributed by atoms with Crippen molar-refractivity contribution < 1.29 is 17.6 Å². The highest BCUT2D eigenvalue weighted by molar-refractivity contribution is 9.10. The van der Waals surface area contributed by atoms with E-state index in [0.717, 1.165) is 21.9 Å². The van der Waals surface area contributed by atoms with Crippen LogP contribution in [0.3, 0.4) is 0 Å². The summed E-state index contributed by atoms with van der Waals surface area (Å²) in [6, 6.07) is 15.1. The van der Waals surface area contributed by atoms with Gasteiger partial charge in [-0.15, -0.1) is 0 Å². The average Bonchev–Trinajstić information content (AvgIpc) is 2.83. The molecule has 0 aliphatic carbocycles. The lowest BCUT2D eigenvalue weighted by Crippen LogP contribution is -2.52. The fraction of sp³-hybridized carbons (Fsp3) is 0.419. The summed E-state index contributed by atoms with van der Waals surface area (Å²) in [6.45, 7) is 11.6. The molecule has 1 aliphatic rings. The van der Waals surface area contributed by atoms with Crippen LogP contribution in [0.5, 0.6) is 0 Å². The van der Waals surface area contributed by atoms with Gasteiger partial charge in [-0.25, -0.2) is 17.6 Å². The second-order valence-electron chi connectivity index (χ2n) is 11.9. The molecule has 208 valence electrons. The Morgan fingerprint density at radius 3 is 2.26 bits per heavy atom. The molecule has 3 aromatic rings. The lowest BCUT2D eigenvalue weighted by Gasteiger charge is -2.45. The smallest absolute Gasteiger partial charge is 0.399 e. The molecular formula is C31H37BrF3N2OSi+. The number of benzene rings is 3. The monoisotopic (exact) mass is 617 g/mol. The van der Waals surface area contributed by atoms with Crippen LogP contribution in [0, 0.1) is 18.6 Å². The van der Waals surface area contributed by atoms with Crippen LogP contribution in [0.2, 0.25) is 5.04 Å². The average molecular weight is 619 g/mol. The second-order valence-corrected chi connectivity index (χ2v) is 15.8. The number of rotatable bonds is 7. The number of nitrogens with zero attached hydrogens (tertiary/aromatic N) is 1. The van der Waals surface area contributed by atoms with E-state index in [0.29, 0.717) is 16.6 Å². The molecule has 0 radical (unpaired) electrons. The molecule has 39 heavy (non-hydrogen) atoms. The van der Waals surface area contributed by atoms with Crippen molar-refractivity contribution in [3.63, 3.8) is 0 Å². The normalized spacial score (nSPS) is 19.4. The third-order valence-electron chi connectivity index (χ3n) is 7.43. The number of hydrogen-bond acceptors (Lipinski definition) is 3. The van der Waals surface area contributed by atoms with Gasteiger partial charge in [0.1, 0.15) is 34.1 Å². The molecule has 0 saturated carbocycles. The number of hydrogen-bond donors (Lipinski definition) is 1. The van der Waals surface area contributed by atoms with Gasteiger partial charge in [-0.3, -0.25) is 4.90 Å². The van der Waals surface area contributed by atoms with Crippen molar-refractivity contribution in [2.24, 2.45) is 0 Å². The fourth-order valence-electron chi connectivity index (χ4n) is 5.52. The van der Waals surface area contributed by atoms with Crippen LogP contribution in [0.25, 0.3) is 0 Å². The van der Waals surface area contributed by atoms with E-state index in [4.69, 9.17) is 10.2 Å². The zero-order valence-electron chi connectivity index (χ0n) is 23.4. The Morgan fingerprint density at radius 2 is 1.67 bits per heavy atom. The molecule has 0 amide bonds. The van der Waals surface area contributed by atoms with Gasteiger partial charge in [-0.1, -0.05) is 40.2 Å². The molecule has 0 aromatic heterocycles. The first kappa shape index (κ1) is 29.8. The van der Waals surface area contributed by atoms with Crippen molar-refractivity contribution in [2.75, 3.05) is 18.9 Å². The van der Waals surface area contributed by atoms with Crippen molar-refractivity contribution in [3.05, 3.63) is 93.0 Å². The molecule has 2 N–H and O–H groups in total. The molecule has 3 nitrogen and oxygen atoms in total. The van der Waals surface area contributed by atoms with Crippen LogP contribution in [-0.4, -0.2) is 38.8 Å². The number of halogens is 4. The van der Waals surface area contributed by atoms with Crippen molar-refractivity contribution in [1.29, 1.82) is 0 Å². The summed E-state index contributed by atoms with van der Waals surface area (Å²) in [7, 11) is -1.56. The van der Waals surface area contributed by atoms with Crippen LogP contribution in [0.1, 0.15) is 62.9 Å². The van der Waals surface area contributed by atoms with E-state index in [1.807, 2.05) is 55.1 Å². The second kappa shape index (κ2) is 11.4. The molecule has 3 aromatic carbocycles. The van der Waals surface area contributed by atoms with E-state index < -0.39 is 32.4 Å². The van der Waals surface area contributed by atoms with E-state index in [1.165, 1.54) is 19.1 Å². The van der Waals surface area contributed by atoms with Gasteiger partial charge in [0.05, 0.1) is 6.04 Å². The van der Waals surface area contributed by atoms with Gasteiger partial charge in [-0.05, 0) is 95.0 Å². The molecular weight excluding hydrogens is 581 g/mol. The molecule has 0 fully saturated rings. The summed E-state index contributed by atoms with van der Waals surface area (Å²) in [6.07, 6.45) is 0.598. The Morgan fingerprint density at radius 1 is 1.05 bits per heavy atom. The molecule has 8 heteroatoms. The molecule has 1 aliphatic heterocycles. The van der Waals surface area contributed by atoms with E-state index in [2.05, 4.69) is 36.7 Å². The summed E-state index contributed by atoms with van der Waals surface area (Å²) in [4.78, 5) is 1.88.